The largest absolute Gasteiger partial charge is 0.497 e. The van der Waals surface area contributed by atoms with Crippen molar-refractivity contribution in [2.45, 2.75) is 72.1 Å². The number of carbonyl (C=O) groups is 2. The predicted molar refractivity (Wildman–Crippen MR) is 132 cm³/mol. The van der Waals surface area contributed by atoms with Crippen LogP contribution >= 0.6 is 0 Å². The van der Waals surface area contributed by atoms with Crippen LogP contribution in [0.1, 0.15) is 59.4 Å². The number of hydrogen-bond donors (Lipinski definition) is 0. The zero-order chi connectivity index (χ0) is 24.9. The van der Waals surface area contributed by atoms with Gasteiger partial charge in [-0.05, 0) is 90.0 Å². The molecule has 34 heavy (non-hydrogen) atoms. The van der Waals surface area contributed by atoms with Crippen molar-refractivity contribution in [3.63, 3.8) is 0 Å². The smallest absolute Gasteiger partial charge is 0.410 e. The Labute approximate surface area is 204 Å². The van der Waals surface area contributed by atoms with Crippen molar-refractivity contribution in [3.05, 3.63) is 29.8 Å². The average molecular weight is 475 g/mol. The molecule has 3 unspecified atom stereocenters. The minimum absolute atomic E-state index is 0.0868. The van der Waals surface area contributed by atoms with E-state index in [1.54, 1.807) is 7.11 Å². The first-order valence-corrected chi connectivity index (χ1v) is 12.6. The van der Waals surface area contributed by atoms with Gasteiger partial charge in [-0.3, -0.25) is 9.69 Å². The Morgan fingerprint density at radius 2 is 1.68 bits per heavy atom. The molecule has 7 heteroatoms. The summed E-state index contributed by atoms with van der Waals surface area (Å²) in [6.45, 7) is 13.2. The summed E-state index contributed by atoms with van der Waals surface area (Å²) in [6, 6.07) is 8.22. The molecule has 1 aromatic carbocycles. The molecule has 7 nitrogen and oxygen atoms in total. The maximum atomic E-state index is 13.1. The van der Waals surface area contributed by atoms with Crippen LogP contribution in [0.3, 0.4) is 0 Å². The van der Waals surface area contributed by atoms with Gasteiger partial charge in [0.15, 0.2) is 0 Å². The second-order valence-corrected chi connectivity index (χ2v) is 10.6. The van der Waals surface area contributed by atoms with E-state index < -0.39 is 5.60 Å². The zero-order valence-electron chi connectivity index (χ0n) is 21.7. The molecule has 190 valence electrons. The van der Waals surface area contributed by atoms with Crippen molar-refractivity contribution in [2.75, 3.05) is 33.4 Å². The normalized spacial score (nSPS) is 24.5. The van der Waals surface area contributed by atoms with Crippen molar-refractivity contribution in [1.29, 1.82) is 0 Å². The molecule has 0 spiro atoms. The number of likely N-dealkylation sites (tertiary alicyclic amines) is 2. The number of ether oxygens (including phenoxy) is 3. The van der Waals surface area contributed by atoms with E-state index >= 15 is 0 Å². The Hall–Kier alpha value is -2.28. The van der Waals surface area contributed by atoms with Crippen LogP contribution in [0, 0.1) is 17.8 Å². The summed E-state index contributed by atoms with van der Waals surface area (Å²) in [7, 11) is 1.67. The third-order valence-corrected chi connectivity index (χ3v) is 7.21. The van der Waals surface area contributed by atoms with Gasteiger partial charge in [0.1, 0.15) is 11.4 Å². The first kappa shape index (κ1) is 26.3. The molecule has 3 atom stereocenters. The van der Waals surface area contributed by atoms with Gasteiger partial charge in [0.2, 0.25) is 0 Å². The maximum Gasteiger partial charge on any atom is 0.410 e. The lowest BCUT2D eigenvalue weighted by atomic mass is 9.70. The summed E-state index contributed by atoms with van der Waals surface area (Å²) in [5.74, 6) is 1.26. The highest BCUT2D eigenvalue weighted by Crippen LogP contribution is 2.40. The highest BCUT2D eigenvalue weighted by molar-refractivity contribution is 5.74. The number of nitrogens with zero attached hydrogens (tertiary/aromatic N) is 2. The second-order valence-electron chi connectivity index (χ2n) is 10.6. The highest BCUT2D eigenvalue weighted by Gasteiger charge is 2.45. The Morgan fingerprint density at radius 3 is 2.24 bits per heavy atom. The number of esters is 1. The molecule has 0 bridgehead atoms. The van der Waals surface area contributed by atoms with E-state index in [1.807, 2.05) is 44.7 Å². The van der Waals surface area contributed by atoms with Gasteiger partial charge >= 0.3 is 12.1 Å². The maximum absolute atomic E-state index is 13.1. The first-order valence-electron chi connectivity index (χ1n) is 12.6. The van der Waals surface area contributed by atoms with Crippen LogP contribution in [0.5, 0.6) is 5.75 Å². The molecule has 0 radical (unpaired) electrons. The molecule has 2 fully saturated rings. The minimum atomic E-state index is -0.491. The van der Waals surface area contributed by atoms with E-state index in [1.165, 1.54) is 5.56 Å². The van der Waals surface area contributed by atoms with Crippen LogP contribution in [0.4, 0.5) is 4.79 Å². The van der Waals surface area contributed by atoms with Crippen LogP contribution in [0.2, 0.25) is 0 Å². The van der Waals surface area contributed by atoms with E-state index in [9.17, 15) is 9.59 Å². The van der Waals surface area contributed by atoms with E-state index in [0.717, 1.165) is 38.1 Å². The molecule has 1 aromatic rings. The molecule has 2 aliphatic heterocycles. The van der Waals surface area contributed by atoms with Crippen molar-refractivity contribution in [3.8, 4) is 5.75 Å². The quantitative estimate of drug-likeness (QED) is 0.555. The zero-order valence-corrected chi connectivity index (χ0v) is 21.7. The lowest BCUT2D eigenvalue weighted by molar-refractivity contribution is -0.157. The number of piperidine rings is 2. The summed E-state index contributed by atoms with van der Waals surface area (Å²) >= 11 is 0. The van der Waals surface area contributed by atoms with Crippen LogP contribution in [0.25, 0.3) is 0 Å². The fraction of sp³-hybridized carbons (Fsp3) is 0.704. The highest BCUT2D eigenvalue weighted by atomic mass is 16.6. The molecule has 0 N–H and O–H groups in total. The summed E-state index contributed by atoms with van der Waals surface area (Å²) in [4.78, 5) is 29.8. The van der Waals surface area contributed by atoms with E-state index in [-0.39, 0.29) is 29.9 Å². The van der Waals surface area contributed by atoms with Crippen molar-refractivity contribution in [2.24, 2.45) is 17.8 Å². The van der Waals surface area contributed by atoms with Gasteiger partial charge in [-0.1, -0.05) is 12.1 Å². The lowest BCUT2D eigenvalue weighted by Crippen LogP contribution is -2.53. The van der Waals surface area contributed by atoms with Crippen LogP contribution in [-0.2, 0) is 20.8 Å². The van der Waals surface area contributed by atoms with Crippen molar-refractivity contribution >= 4 is 12.1 Å². The molecule has 0 aliphatic carbocycles. The van der Waals surface area contributed by atoms with Crippen molar-refractivity contribution < 1.29 is 23.8 Å². The molecule has 2 aliphatic rings. The molecule has 2 heterocycles. The average Bonchev–Trinajstić information content (AvgIpc) is 2.80. The third-order valence-electron chi connectivity index (χ3n) is 7.21. The van der Waals surface area contributed by atoms with Gasteiger partial charge in [-0.25, -0.2) is 4.79 Å². The van der Waals surface area contributed by atoms with Gasteiger partial charge in [-0.15, -0.1) is 0 Å². The SMILES string of the molecule is CCOC(=O)C1C(C2CCN(C(=O)OC(C)(C)C)CC2)CCN(Cc2ccc(OC)cc2)C1C. The molecular formula is C27H42N2O5. The van der Waals surface area contributed by atoms with E-state index in [4.69, 9.17) is 14.2 Å². The Kier molecular flexibility index (Phi) is 8.85. The molecule has 1 amide bonds. The fourth-order valence-electron chi connectivity index (χ4n) is 5.45. The van der Waals surface area contributed by atoms with Gasteiger partial charge < -0.3 is 19.1 Å². The summed E-state index contributed by atoms with van der Waals surface area (Å²) in [5, 5.41) is 0. The summed E-state index contributed by atoms with van der Waals surface area (Å²) in [5.41, 5.74) is 0.717. The number of methoxy groups -OCH3 is 1. The standard InChI is InChI=1S/C27H42N2O5/c1-7-33-25(30)24-19(2)29(18-20-8-10-22(32-6)11-9-20)17-14-23(24)21-12-15-28(16-13-21)26(31)34-27(3,4)5/h8-11,19,21,23-24H,7,12-18H2,1-6H3. The first-order chi connectivity index (χ1) is 16.1. The van der Waals surface area contributed by atoms with Gasteiger partial charge in [0.25, 0.3) is 0 Å². The number of benzene rings is 1. The van der Waals surface area contributed by atoms with E-state index in [0.29, 0.717) is 25.6 Å². The van der Waals surface area contributed by atoms with Gasteiger partial charge in [-0.2, -0.15) is 0 Å². The van der Waals surface area contributed by atoms with Crippen molar-refractivity contribution in [1.82, 2.24) is 9.80 Å². The molecule has 0 saturated carbocycles. The van der Waals surface area contributed by atoms with Gasteiger partial charge in [0, 0.05) is 25.7 Å². The number of rotatable bonds is 6. The minimum Gasteiger partial charge on any atom is -0.497 e. The Balaban J connectivity index is 1.66. The summed E-state index contributed by atoms with van der Waals surface area (Å²) in [6.07, 6.45) is 2.51. The predicted octanol–water partition coefficient (Wildman–Crippen LogP) is 4.73. The molecule has 0 aromatic heterocycles. The monoisotopic (exact) mass is 474 g/mol. The molecule has 2 saturated heterocycles. The number of carbonyl (C=O) groups excluding carboxylic acids is 2. The van der Waals surface area contributed by atoms with Crippen LogP contribution < -0.4 is 4.74 Å². The number of hydrogen-bond acceptors (Lipinski definition) is 6. The summed E-state index contributed by atoms with van der Waals surface area (Å²) < 4.78 is 16.4. The van der Waals surface area contributed by atoms with E-state index in [2.05, 4.69) is 24.0 Å². The molecular weight excluding hydrogens is 432 g/mol. The fourth-order valence-corrected chi connectivity index (χ4v) is 5.45. The number of amides is 1. The van der Waals surface area contributed by atoms with Gasteiger partial charge in [0.05, 0.1) is 19.6 Å². The molecule has 3 rings (SSSR count). The lowest BCUT2D eigenvalue weighted by Gasteiger charge is -2.47. The van der Waals surface area contributed by atoms with Crippen LogP contribution in [0.15, 0.2) is 24.3 Å². The Morgan fingerprint density at radius 1 is 1.03 bits per heavy atom. The third kappa shape index (κ3) is 6.65. The topological polar surface area (TPSA) is 68.3 Å². The second kappa shape index (κ2) is 11.4. The van der Waals surface area contributed by atoms with Crippen LogP contribution in [-0.4, -0.2) is 66.9 Å². The Bertz CT molecular complexity index is 811.